The molecule has 20 heavy (non-hydrogen) atoms. The lowest BCUT2D eigenvalue weighted by Crippen LogP contribution is -2.72. The molecule has 0 radical (unpaired) electrons. The van der Waals surface area contributed by atoms with E-state index in [0.29, 0.717) is 6.42 Å². The lowest BCUT2D eigenvalue weighted by atomic mass is 9.47. The molecule has 2 aliphatic rings. The first-order valence-corrected chi connectivity index (χ1v) is 7.01. The Morgan fingerprint density at radius 2 is 2.00 bits per heavy atom. The van der Waals surface area contributed by atoms with Gasteiger partial charge in [-0.2, -0.15) is 0 Å². The highest BCUT2D eigenvalue weighted by Crippen LogP contribution is 2.58. The van der Waals surface area contributed by atoms with Crippen molar-refractivity contribution < 1.29 is 19.2 Å². The molecule has 0 bridgehead atoms. The van der Waals surface area contributed by atoms with Gasteiger partial charge in [-0.25, -0.2) is 9.86 Å². The maximum atomic E-state index is 12.1. The molecule has 0 aromatic carbocycles. The Morgan fingerprint density at radius 3 is 2.40 bits per heavy atom. The Kier molecular flexibility index (Phi) is 3.71. The number of hydroxylamine groups is 2. The zero-order valence-electron chi connectivity index (χ0n) is 12.9. The van der Waals surface area contributed by atoms with Crippen molar-refractivity contribution in [3.05, 3.63) is 0 Å². The Bertz CT molecular complexity index is 418. The highest BCUT2D eigenvalue weighted by molar-refractivity contribution is 5.81. The summed E-state index contributed by atoms with van der Waals surface area (Å²) in [5.74, 6) is 0.141. The molecule has 0 aromatic heterocycles. The fraction of sp³-hybridized carbons (Fsp3) is 0.857. The quantitative estimate of drug-likeness (QED) is 0.801. The van der Waals surface area contributed by atoms with Gasteiger partial charge in [0.1, 0.15) is 5.60 Å². The minimum absolute atomic E-state index is 0.0150. The number of carbonyl (C=O) groups excluding carboxylic acids is 2. The topological polar surface area (TPSA) is 67.9 Å². The zero-order valence-corrected chi connectivity index (χ0v) is 12.9. The van der Waals surface area contributed by atoms with Crippen LogP contribution in [0.2, 0.25) is 0 Å². The predicted molar refractivity (Wildman–Crippen MR) is 72.7 cm³/mol. The van der Waals surface area contributed by atoms with Crippen LogP contribution < -0.4 is 5.32 Å². The van der Waals surface area contributed by atoms with Crippen molar-refractivity contribution >= 4 is 12.0 Å². The second kappa shape index (κ2) is 4.91. The van der Waals surface area contributed by atoms with Crippen molar-refractivity contribution in [1.82, 2.24) is 10.4 Å². The SMILES string of the molecule is CON(C)C(=O)C1CC2(NC(=O)OC(C)(C)C)CCC12. The lowest BCUT2D eigenvalue weighted by molar-refractivity contribution is -0.192. The van der Waals surface area contributed by atoms with Gasteiger partial charge in [0.15, 0.2) is 0 Å². The third-order valence-corrected chi connectivity index (χ3v) is 4.33. The molecule has 2 fully saturated rings. The van der Waals surface area contributed by atoms with Gasteiger partial charge in [-0.05, 0) is 46.0 Å². The van der Waals surface area contributed by atoms with Gasteiger partial charge >= 0.3 is 6.09 Å². The van der Waals surface area contributed by atoms with Gasteiger partial charge in [0.25, 0.3) is 0 Å². The number of ether oxygens (including phenoxy) is 1. The predicted octanol–water partition coefficient (Wildman–Crippen LogP) is 1.70. The van der Waals surface area contributed by atoms with Gasteiger partial charge in [0, 0.05) is 18.5 Å². The van der Waals surface area contributed by atoms with E-state index in [-0.39, 0.29) is 23.3 Å². The van der Waals surface area contributed by atoms with Gasteiger partial charge in [0.2, 0.25) is 5.91 Å². The van der Waals surface area contributed by atoms with E-state index in [1.165, 1.54) is 12.2 Å². The molecule has 2 amide bonds. The summed E-state index contributed by atoms with van der Waals surface area (Å²) in [6, 6.07) is 0. The van der Waals surface area contributed by atoms with E-state index >= 15 is 0 Å². The van der Waals surface area contributed by atoms with Crippen molar-refractivity contribution in [3.63, 3.8) is 0 Å². The van der Waals surface area contributed by atoms with Gasteiger partial charge in [0.05, 0.1) is 7.11 Å². The van der Waals surface area contributed by atoms with Crippen molar-refractivity contribution in [3.8, 4) is 0 Å². The molecule has 6 heteroatoms. The molecule has 1 N–H and O–H groups in total. The van der Waals surface area contributed by atoms with Gasteiger partial charge in [-0.3, -0.25) is 9.63 Å². The lowest BCUT2D eigenvalue weighted by Gasteiger charge is -2.62. The van der Waals surface area contributed by atoms with Crippen LogP contribution in [0.3, 0.4) is 0 Å². The average molecular weight is 284 g/mol. The van der Waals surface area contributed by atoms with Crippen LogP contribution in [0.1, 0.15) is 40.0 Å². The maximum absolute atomic E-state index is 12.1. The average Bonchev–Trinajstić information content (AvgIpc) is 2.31. The molecule has 0 heterocycles. The minimum Gasteiger partial charge on any atom is -0.444 e. The van der Waals surface area contributed by atoms with E-state index in [1.807, 2.05) is 20.8 Å². The summed E-state index contributed by atoms with van der Waals surface area (Å²) >= 11 is 0. The fourth-order valence-corrected chi connectivity index (χ4v) is 3.17. The zero-order chi connectivity index (χ0) is 15.1. The van der Waals surface area contributed by atoms with E-state index in [1.54, 1.807) is 7.05 Å². The first-order valence-electron chi connectivity index (χ1n) is 7.01. The number of nitrogens with one attached hydrogen (secondary N) is 1. The van der Waals surface area contributed by atoms with E-state index in [4.69, 9.17) is 9.57 Å². The summed E-state index contributed by atoms with van der Waals surface area (Å²) in [6.45, 7) is 5.51. The molecule has 3 unspecified atom stereocenters. The third-order valence-electron chi connectivity index (χ3n) is 4.33. The highest BCUT2D eigenvalue weighted by Gasteiger charge is 2.63. The number of amides is 2. The number of nitrogens with zero attached hydrogens (tertiary/aromatic N) is 1. The summed E-state index contributed by atoms with van der Waals surface area (Å²) in [6.07, 6.45) is 2.15. The van der Waals surface area contributed by atoms with E-state index in [9.17, 15) is 9.59 Å². The van der Waals surface area contributed by atoms with Crippen molar-refractivity contribution in [1.29, 1.82) is 0 Å². The van der Waals surface area contributed by atoms with Crippen LogP contribution in [-0.2, 0) is 14.4 Å². The van der Waals surface area contributed by atoms with Gasteiger partial charge in [-0.15, -0.1) is 0 Å². The highest BCUT2D eigenvalue weighted by atomic mass is 16.7. The van der Waals surface area contributed by atoms with Crippen molar-refractivity contribution in [2.45, 2.75) is 51.2 Å². The molecule has 2 aliphatic carbocycles. The molecule has 2 saturated carbocycles. The largest absolute Gasteiger partial charge is 0.444 e. The fourth-order valence-electron chi connectivity index (χ4n) is 3.17. The Labute approximate surface area is 119 Å². The number of hydrogen-bond acceptors (Lipinski definition) is 4. The number of alkyl carbamates (subject to hydrolysis) is 1. The molecular formula is C14H24N2O4. The summed E-state index contributed by atoms with van der Waals surface area (Å²) in [5.41, 5.74) is -0.744. The summed E-state index contributed by atoms with van der Waals surface area (Å²) in [5, 5.41) is 4.22. The number of fused-ring (bicyclic) bond motifs is 1. The number of hydrogen-bond donors (Lipinski definition) is 1. The van der Waals surface area contributed by atoms with E-state index in [2.05, 4.69) is 5.32 Å². The van der Waals surface area contributed by atoms with E-state index in [0.717, 1.165) is 12.8 Å². The molecular weight excluding hydrogens is 260 g/mol. The maximum Gasteiger partial charge on any atom is 0.408 e. The second-order valence-corrected chi connectivity index (χ2v) is 6.76. The molecule has 0 spiro atoms. The smallest absolute Gasteiger partial charge is 0.408 e. The molecule has 0 saturated heterocycles. The number of rotatable bonds is 3. The van der Waals surface area contributed by atoms with Crippen LogP contribution in [0.5, 0.6) is 0 Å². The first kappa shape index (κ1) is 15.1. The summed E-state index contributed by atoms with van der Waals surface area (Å²) < 4.78 is 5.29. The van der Waals surface area contributed by atoms with E-state index < -0.39 is 11.7 Å². The Hall–Kier alpha value is -1.30. The monoisotopic (exact) mass is 284 g/mol. The third kappa shape index (κ3) is 2.61. The van der Waals surface area contributed by atoms with Crippen LogP contribution in [-0.4, -0.2) is 42.4 Å². The van der Waals surface area contributed by atoms with Crippen LogP contribution in [0.15, 0.2) is 0 Å². The van der Waals surface area contributed by atoms with Gasteiger partial charge in [-0.1, -0.05) is 0 Å². The Balaban J connectivity index is 1.90. The van der Waals surface area contributed by atoms with Crippen molar-refractivity contribution in [2.75, 3.05) is 14.2 Å². The van der Waals surface area contributed by atoms with Crippen LogP contribution in [0.4, 0.5) is 4.79 Å². The minimum atomic E-state index is -0.505. The van der Waals surface area contributed by atoms with Crippen LogP contribution in [0, 0.1) is 11.8 Å². The van der Waals surface area contributed by atoms with Gasteiger partial charge < -0.3 is 10.1 Å². The summed E-state index contributed by atoms with van der Waals surface area (Å²) in [4.78, 5) is 28.8. The molecule has 114 valence electrons. The van der Waals surface area contributed by atoms with Crippen LogP contribution >= 0.6 is 0 Å². The first-order chi connectivity index (χ1) is 9.18. The normalized spacial score (nSPS) is 31.4. The molecule has 2 rings (SSSR count). The number of carbonyl (C=O) groups is 2. The molecule has 0 aliphatic heterocycles. The molecule has 6 nitrogen and oxygen atoms in total. The Morgan fingerprint density at radius 1 is 1.35 bits per heavy atom. The van der Waals surface area contributed by atoms with Crippen molar-refractivity contribution in [2.24, 2.45) is 11.8 Å². The molecule has 3 atom stereocenters. The van der Waals surface area contributed by atoms with Crippen LogP contribution in [0.25, 0.3) is 0 Å². The molecule has 0 aromatic rings. The summed E-state index contributed by atoms with van der Waals surface area (Å²) in [7, 11) is 3.09. The standard InChI is InChI=1S/C14H24N2O4/c1-13(2,3)20-12(18)15-14-7-6-10(14)9(8-14)11(17)16(4)19-5/h9-10H,6-8H2,1-5H3,(H,15,18). The second-order valence-electron chi connectivity index (χ2n) is 6.76.